The van der Waals surface area contributed by atoms with Crippen LogP contribution in [0.2, 0.25) is 5.02 Å². The number of Topliss-reactive ketones (excluding diaryl/α,β-unsaturated/α-hetero) is 2. The van der Waals surface area contributed by atoms with E-state index >= 15 is 0 Å². The minimum absolute atomic E-state index is 0.0303. The number of carbonyl (C=O) groups is 3. The van der Waals surface area contributed by atoms with E-state index in [9.17, 15) is 34.8 Å². The number of halogens is 1. The summed E-state index contributed by atoms with van der Waals surface area (Å²) in [5, 5.41) is 45.5. The lowest BCUT2D eigenvalue weighted by Crippen LogP contribution is -2.63. The molecule has 2 aliphatic heterocycles. The largest absolute Gasteiger partial charge is 0.510 e. The molecule has 2 saturated heterocycles. The molecule has 1 saturated carbocycles. The first-order valence-electron chi connectivity index (χ1n) is 14.2. The SMILES string of the molecule is CN(C)[C@@H]1C(O)=C(C(N)=O)C(=O)[C@@]2(O)C(O)=C3C(=O)c4c(O)cc(CN5CC6CCC(CC6)C5)c(Cl)c4C[C@H]3C[C@@H]12. The van der Waals surface area contributed by atoms with Crippen molar-refractivity contribution >= 4 is 29.1 Å². The molecule has 7 rings (SSSR count). The van der Waals surface area contributed by atoms with E-state index in [2.05, 4.69) is 4.90 Å². The van der Waals surface area contributed by atoms with Crippen molar-refractivity contribution in [2.24, 2.45) is 29.4 Å². The third-order valence-electron chi connectivity index (χ3n) is 10.1. The van der Waals surface area contributed by atoms with Gasteiger partial charge in [-0.3, -0.25) is 24.2 Å². The maximum Gasteiger partial charge on any atom is 0.255 e. The van der Waals surface area contributed by atoms with Gasteiger partial charge in [0, 0.05) is 36.1 Å². The average molecular weight is 586 g/mol. The van der Waals surface area contributed by atoms with Crippen LogP contribution in [0.1, 0.15) is 53.6 Å². The third kappa shape index (κ3) is 4.13. The van der Waals surface area contributed by atoms with Gasteiger partial charge in [-0.1, -0.05) is 11.6 Å². The first kappa shape index (κ1) is 28.2. The second-order valence-electron chi connectivity index (χ2n) is 12.8. The van der Waals surface area contributed by atoms with E-state index in [1.165, 1.54) is 36.6 Å². The monoisotopic (exact) mass is 585 g/mol. The molecule has 4 aliphatic carbocycles. The summed E-state index contributed by atoms with van der Waals surface area (Å²) in [6, 6.07) is 0.471. The Morgan fingerprint density at radius 1 is 1.12 bits per heavy atom. The molecule has 3 fully saturated rings. The van der Waals surface area contributed by atoms with Crippen LogP contribution in [0.15, 0.2) is 28.7 Å². The molecule has 11 heteroatoms. The van der Waals surface area contributed by atoms with Gasteiger partial charge in [-0.05, 0) is 87.6 Å². The molecular weight excluding hydrogens is 550 g/mol. The summed E-state index contributed by atoms with van der Waals surface area (Å²) in [6.07, 6.45) is 5.13. The summed E-state index contributed by atoms with van der Waals surface area (Å²) >= 11 is 6.95. The summed E-state index contributed by atoms with van der Waals surface area (Å²) in [5.74, 6) is -5.39. The lowest BCUT2D eigenvalue weighted by Gasteiger charge is -2.50. The summed E-state index contributed by atoms with van der Waals surface area (Å²) in [5.41, 5.74) is 2.85. The lowest BCUT2D eigenvalue weighted by molar-refractivity contribution is -0.148. The van der Waals surface area contributed by atoms with Gasteiger partial charge >= 0.3 is 0 Å². The van der Waals surface area contributed by atoms with Gasteiger partial charge in [0.05, 0.1) is 11.6 Å². The van der Waals surface area contributed by atoms with Gasteiger partial charge in [-0.25, -0.2) is 0 Å². The molecule has 1 aromatic carbocycles. The van der Waals surface area contributed by atoms with Gasteiger partial charge in [-0.15, -0.1) is 0 Å². The standard InChI is InChI=1S/C30H36ClN3O7/c1-33(2)24-18-8-15-7-17-21(25(36)20(15)27(38)30(18,41)28(39)22(26(24)37)29(32)40)19(35)9-16(23(17)31)12-34-10-13-3-4-14(11-34)6-5-13/h9,13-15,18,24,35,37-38,41H,3-8,10-12H2,1-2H3,(H2,32,40)/t13?,14?,15-,18-,24-,30-/m0/s1. The average Bonchev–Trinajstić information content (AvgIpc) is 3.21. The molecule has 0 aromatic heterocycles. The second kappa shape index (κ2) is 9.83. The molecule has 0 unspecified atom stereocenters. The summed E-state index contributed by atoms with van der Waals surface area (Å²) in [4.78, 5) is 43.3. The Hall–Kier alpha value is -2.92. The quantitative estimate of drug-likeness (QED) is 0.334. The molecule has 0 radical (unpaired) electrons. The molecule has 6 aliphatic rings. The molecule has 220 valence electrons. The number of phenols is 1. The van der Waals surface area contributed by atoms with E-state index in [4.69, 9.17) is 17.3 Å². The number of aliphatic hydroxyl groups is 3. The predicted molar refractivity (Wildman–Crippen MR) is 149 cm³/mol. The van der Waals surface area contributed by atoms with Gasteiger partial charge in [0.2, 0.25) is 5.78 Å². The first-order chi connectivity index (χ1) is 19.3. The highest BCUT2D eigenvalue weighted by molar-refractivity contribution is 6.33. The minimum atomic E-state index is -2.66. The number of nitrogens with zero attached hydrogens (tertiary/aromatic N) is 2. The van der Waals surface area contributed by atoms with E-state index < -0.39 is 58.0 Å². The van der Waals surface area contributed by atoms with Crippen molar-refractivity contribution in [3.8, 4) is 5.75 Å². The zero-order valence-electron chi connectivity index (χ0n) is 23.2. The Morgan fingerprint density at radius 2 is 1.73 bits per heavy atom. The van der Waals surface area contributed by atoms with Crippen LogP contribution >= 0.6 is 11.6 Å². The number of nitrogens with two attached hydrogens (primary N) is 1. The number of primary amides is 1. The zero-order valence-corrected chi connectivity index (χ0v) is 23.9. The Bertz CT molecular complexity index is 1410. The molecule has 0 spiro atoms. The number of aliphatic hydroxyl groups excluding tert-OH is 2. The van der Waals surface area contributed by atoms with Crippen LogP contribution in [0.4, 0.5) is 0 Å². The van der Waals surface area contributed by atoms with Crippen molar-refractivity contribution < 1.29 is 34.8 Å². The Kier molecular flexibility index (Phi) is 6.76. The van der Waals surface area contributed by atoms with E-state index in [0.29, 0.717) is 29.0 Å². The third-order valence-corrected chi connectivity index (χ3v) is 10.6. The van der Waals surface area contributed by atoms with E-state index in [-0.39, 0.29) is 29.7 Å². The molecule has 1 amide bonds. The fourth-order valence-electron chi connectivity index (χ4n) is 8.24. The van der Waals surface area contributed by atoms with Gasteiger partial charge in [0.15, 0.2) is 11.4 Å². The Balaban J connectivity index is 1.41. The number of carbonyl (C=O) groups excluding carboxylic acids is 3. The fourth-order valence-corrected chi connectivity index (χ4v) is 8.53. The zero-order chi connectivity index (χ0) is 29.5. The molecule has 41 heavy (non-hydrogen) atoms. The van der Waals surface area contributed by atoms with E-state index in [1.54, 1.807) is 14.1 Å². The Labute approximate surface area is 243 Å². The van der Waals surface area contributed by atoms with Crippen molar-refractivity contribution in [1.29, 1.82) is 0 Å². The van der Waals surface area contributed by atoms with Crippen molar-refractivity contribution in [3.05, 3.63) is 50.4 Å². The van der Waals surface area contributed by atoms with Gasteiger partial charge in [-0.2, -0.15) is 0 Å². The van der Waals surface area contributed by atoms with Crippen LogP contribution in [0.25, 0.3) is 0 Å². The topological polar surface area (TPSA) is 165 Å². The van der Waals surface area contributed by atoms with Crippen molar-refractivity contribution in [2.75, 3.05) is 27.2 Å². The van der Waals surface area contributed by atoms with Crippen LogP contribution in [0, 0.1) is 23.7 Å². The lowest BCUT2D eigenvalue weighted by atomic mass is 9.58. The molecule has 2 heterocycles. The number of hydrogen-bond acceptors (Lipinski definition) is 9. The van der Waals surface area contributed by atoms with Gasteiger partial charge in [0.25, 0.3) is 5.91 Å². The number of aromatic hydroxyl groups is 1. The van der Waals surface area contributed by atoms with Crippen molar-refractivity contribution in [3.63, 3.8) is 0 Å². The highest BCUT2D eigenvalue weighted by atomic mass is 35.5. The van der Waals surface area contributed by atoms with Crippen LogP contribution in [0.5, 0.6) is 5.75 Å². The Morgan fingerprint density at radius 3 is 2.29 bits per heavy atom. The number of benzene rings is 1. The summed E-state index contributed by atoms with van der Waals surface area (Å²) in [6.45, 7) is 2.49. The van der Waals surface area contributed by atoms with Crippen LogP contribution in [-0.2, 0) is 22.6 Å². The normalized spacial score (nSPS) is 33.5. The van der Waals surface area contributed by atoms with Gasteiger partial charge < -0.3 is 26.2 Å². The predicted octanol–water partition coefficient (Wildman–Crippen LogP) is 2.40. The molecule has 10 nitrogen and oxygen atoms in total. The highest BCUT2D eigenvalue weighted by Gasteiger charge is 2.63. The molecule has 1 aromatic rings. The first-order valence-corrected chi connectivity index (χ1v) is 14.6. The maximum absolute atomic E-state index is 13.9. The summed E-state index contributed by atoms with van der Waals surface area (Å²) < 4.78 is 0. The number of rotatable bonds is 4. The van der Waals surface area contributed by atoms with Gasteiger partial charge in [0.1, 0.15) is 22.8 Å². The molecule has 6 N–H and O–H groups in total. The van der Waals surface area contributed by atoms with Crippen LogP contribution < -0.4 is 5.73 Å². The number of allylic oxidation sites excluding steroid dienone is 1. The summed E-state index contributed by atoms with van der Waals surface area (Å²) in [7, 11) is 3.20. The minimum Gasteiger partial charge on any atom is -0.510 e. The maximum atomic E-state index is 13.9. The highest BCUT2D eigenvalue weighted by Crippen LogP contribution is 2.53. The number of phenolic OH excluding ortho intramolecular Hbond substituents is 1. The van der Waals surface area contributed by atoms with E-state index in [0.717, 1.165) is 18.7 Å². The second-order valence-corrected chi connectivity index (χ2v) is 13.1. The number of likely N-dealkylation sites (N-methyl/N-ethyl adjacent to an activating group) is 1. The number of hydrogen-bond donors (Lipinski definition) is 5. The van der Waals surface area contributed by atoms with Crippen LogP contribution in [0.3, 0.4) is 0 Å². The molecule has 4 atom stereocenters. The van der Waals surface area contributed by atoms with Crippen LogP contribution in [-0.4, -0.2) is 86.5 Å². The molecular formula is C30H36ClN3O7. The number of amides is 1. The fraction of sp³-hybridized carbons (Fsp3) is 0.567. The van der Waals surface area contributed by atoms with Crippen molar-refractivity contribution in [1.82, 2.24) is 9.80 Å². The smallest absolute Gasteiger partial charge is 0.255 e. The number of ketones is 2. The number of fused-ring (bicyclic) bond motifs is 7. The van der Waals surface area contributed by atoms with E-state index in [1.807, 2.05) is 0 Å². The molecule has 2 bridgehead atoms. The van der Waals surface area contributed by atoms with Crippen molar-refractivity contribution in [2.45, 2.75) is 56.7 Å².